The molecule has 0 bridgehead atoms. The van der Waals surface area contributed by atoms with Crippen LogP contribution < -0.4 is 0 Å². The molecule has 0 amide bonds. The number of hydrogen-bond donors (Lipinski definition) is 0. The zero-order valence-electron chi connectivity index (χ0n) is 11.6. The van der Waals surface area contributed by atoms with Gasteiger partial charge in [-0.3, -0.25) is 0 Å². The second kappa shape index (κ2) is 5.19. The highest BCUT2D eigenvalue weighted by atomic mass is 32.1. The van der Waals surface area contributed by atoms with Crippen molar-refractivity contribution in [3.63, 3.8) is 0 Å². The minimum absolute atomic E-state index is 1.05. The van der Waals surface area contributed by atoms with Crippen LogP contribution in [0.2, 0.25) is 0 Å². The molecule has 3 heterocycles. The number of piperidine rings is 1. The van der Waals surface area contributed by atoms with Gasteiger partial charge >= 0.3 is 0 Å². The zero-order valence-corrected chi connectivity index (χ0v) is 12.4. The van der Waals surface area contributed by atoms with Crippen LogP contribution in [-0.2, 0) is 6.54 Å². The summed E-state index contributed by atoms with van der Waals surface area (Å²) in [6.45, 7) is 4.73. The van der Waals surface area contributed by atoms with Gasteiger partial charge in [-0.05, 0) is 32.0 Å². The van der Waals surface area contributed by atoms with Crippen LogP contribution in [0.25, 0.3) is 20.4 Å². The Labute approximate surface area is 122 Å². The van der Waals surface area contributed by atoms with Crippen molar-refractivity contribution in [3.8, 4) is 0 Å². The van der Waals surface area contributed by atoms with Crippen LogP contribution in [0.5, 0.6) is 0 Å². The molecule has 104 valence electrons. The minimum atomic E-state index is 1.05. The molecule has 1 aliphatic rings. The SMILES string of the molecule is c1ccc2c(c1)sc1ncn(CCN3CCCCC3)c12. The molecule has 1 fully saturated rings. The van der Waals surface area contributed by atoms with E-state index in [0.29, 0.717) is 0 Å². The van der Waals surface area contributed by atoms with E-state index in [1.807, 2.05) is 6.33 Å². The Kier molecular flexibility index (Phi) is 3.20. The van der Waals surface area contributed by atoms with E-state index in [9.17, 15) is 0 Å². The molecule has 1 aromatic carbocycles. The molecule has 4 rings (SSSR count). The van der Waals surface area contributed by atoms with E-state index in [4.69, 9.17) is 0 Å². The van der Waals surface area contributed by atoms with Crippen molar-refractivity contribution in [1.82, 2.24) is 14.5 Å². The average molecular weight is 285 g/mol. The number of rotatable bonds is 3. The summed E-state index contributed by atoms with van der Waals surface area (Å²) in [6, 6.07) is 8.64. The fraction of sp³-hybridized carbons (Fsp3) is 0.438. The molecular formula is C16H19N3S. The van der Waals surface area contributed by atoms with Crippen molar-refractivity contribution in [2.45, 2.75) is 25.8 Å². The van der Waals surface area contributed by atoms with Crippen molar-refractivity contribution in [3.05, 3.63) is 30.6 Å². The van der Waals surface area contributed by atoms with Crippen LogP contribution in [0, 0.1) is 0 Å². The summed E-state index contributed by atoms with van der Waals surface area (Å²) >= 11 is 1.80. The topological polar surface area (TPSA) is 21.1 Å². The van der Waals surface area contributed by atoms with E-state index in [1.165, 1.54) is 52.8 Å². The highest BCUT2D eigenvalue weighted by molar-refractivity contribution is 7.25. The van der Waals surface area contributed by atoms with Crippen LogP contribution in [-0.4, -0.2) is 34.1 Å². The van der Waals surface area contributed by atoms with Gasteiger partial charge in [0.25, 0.3) is 0 Å². The van der Waals surface area contributed by atoms with Crippen LogP contribution >= 0.6 is 11.3 Å². The summed E-state index contributed by atoms with van der Waals surface area (Å²) in [6.07, 6.45) is 6.14. The summed E-state index contributed by atoms with van der Waals surface area (Å²) in [5.74, 6) is 0. The molecule has 3 nitrogen and oxygen atoms in total. The van der Waals surface area contributed by atoms with Crippen LogP contribution in [0.4, 0.5) is 0 Å². The summed E-state index contributed by atoms with van der Waals surface area (Å²) < 4.78 is 3.68. The largest absolute Gasteiger partial charge is 0.328 e. The molecule has 1 saturated heterocycles. The maximum atomic E-state index is 4.58. The number of thiophene rings is 1. The Morgan fingerprint density at radius 1 is 1.05 bits per heavy atom. The monoisotopic (exact) mass is 285 g/mol. The minimum Gasteiger partial charge on any atom is -0.328 e. The van der Waals surface area contributed by atoms with Crippen LogP contribution in [0.15, 0.2) is 30.6 Å². The van der Waals surface area contributed by atoms with Gasteiger partial charge in [0.15, 0.2) is 0 Å². The normalized spacial score (nSPS) is 17.2. The number of hydrogen-bond acceptors (Lipinski definition) is 3. The molecule has 0 spiro atoms. The summed E-state index contributed by atoms with van der Waals surface area (Å²) in [5, 5.41) is 1.35. The first kappa shape index (κ1) is 12.4. The first-order valence-corrected chi connectivity index (χ1v) is 8.28. The predicted octanol–water partition coefficient (Wildman–Crippen LogP) is 3.74. The number of benzene rings is 1. The lowest BCUT2D eigenvalue weighted by molar-refractivity contribution is 0.221. The Balaban J connectivity index is 1.62. The summed E-state index contributed by atoms with van der Waals surface area (Å²) in [4.78, 5) is 8.34. The molecule has 0 unspecified atom stereocenters. The van der Waals surface area contributed by atoms with Gasteiger partial charge in [-0.2, -0.15) is 0 Å². The smallest absolute Gasteiger partial charge is 0.142 e. The van der Waals surface area contributed by atoms with E-state index >= 15 is 0 Å². The first-order valence-electron chi connectivity index (χ1n) is 7.46. The van der Waals surface area contributed by atoms with Crippen LogP contribution in [0.1, 0.15) is 19.3 Å². The van der Waals surface area contributed by atoms with Gasteiger partial charge < -0.3 is 9.47 Å². The van der Waals surface area contributed by atoms with Crippen molar-refractivity contribution < 1.29 is 0 Å². The lowest BCUT2D eigenvalue weighted by atomic mass is 10.1. The maximum absolute atomic E-state index is 4.58. The fourth-order valence-corrected chi connectivity index (χ4v) is 4.22. The predicted molar refractivity (Wildman–Crippen MR) is 85.4 cm³/mol. The quantitative estimate of drug-likeness (QED) is 0.731. The van der Waals surface area contributed by atoms with Gasteiger partial charge in [0.05, 0.1) is 11.8 Å². The van der Waals surface area contributed by atoms with Crippen LogP contribution in [0.3, 0.4) is 0 Å². The van der Waals surface area contributed by atoms with Gasteiger partial charge in [-0.25, -0.2) is 4.98 Å². The lowest BCUT2D eigenvalue weighted by Gasteiger charge is -2.26. The molecule has 20 heavy (non-hydrogen) atoms. The zero-order chi connectivity index (χ0) is 13.4. The van der Waals surface area contributed by atoms with E-state index in [2.05, 4.69) is 38.7 Å². The first-order chi connectivity index (χ1) is 9.92. The number of imidazole rings is 1. The molecule has 0 saturated carbocycles. The Morgan fingerprint density at radius 3 is 2.80 bits per heavy atom. The van der Waals surface area contributed by atoms with E-state index in [-0.39, 0.29) is 0 Å². The Bertz CT molecular complexity index is 722. The van der Waals surface area contributed by atoms with Crippen molar-refractivity contribution >= 4 is 31.8 Å². The summed E-state index contributed by atoms with van der Waals surface area (Å²) in [7, 11) is 0. The fourth-order valence-electron chi connectivity index (χ4n) is 3.17. The Morgan fingerprint density at radius 2 is 1.90 bits per heavy atom. The second-order valence-corrected chi connectivity index (χ2v) is 6.62. The standard InChI is InChI=1S/C16H19N3S/c1-4-8-18(9-5-1)10-11-19-12-17-16-15(19)13-6-2-3-7-14(13)20-16/h2-3,6-7,12H,1,4-5,8-11H2. The third-order valence-corrected chi connectivity index (χ3v) is 5.33. The molecule has 0 aliphatic carbocycles. The van der Waals surface area contributed by atoms with Gasteiger partial charge in [0.1, 0.15) is 4.83 Å². The lowest BCUT2D eigenvalue weighted by Crippen LogP contribution is -2.32. The molecule has 3 aromatic rings. The van der Waals surface area contributed by atoms with Crippen molar-refractivity contribution in [1.29, 1.82) is 0 Å². The Hall–Kier alpha value is -1.39. The molecular weight excluding hydrogens is 266 g/mol. The third-order valence-electron chi connectivity index (χ3n) is 4.26. The van der Waals surface area contributed by atoms with Gasteiger partial charge in [0.2, 0.25) is 0 Å². The van der Waals surface area contributed by atoms with Crippen molar-refractivity contribution in [2.24, 2.45) is 0 Å². The van der Waals surface area contributed by atoms with Gasteiger partial charge in [-0.1, -0.05) is 24.6 Å². The third kappa shape index (κ3) is 2.13. The number of likely N-dealkylation sites (tertiary alicyclic amines) is 1. The average Bonchev–Trinajstić information content (AvgIpc) is 3.05. The van der Waals surface area contributed by atoms with E-state index in [1.54, 1.807) is 11.3 Å². The molecule has 2 aromatic heterocycles. The molecule has 1 aliphatic heterocycles. The van der Waals surface area contributed by atoms with Crippen molar-refractivity contribution in [2.75, 3.05) is 19.6 Å². The number of nitrogens with zero attached hydrogens (tertiary/aromatic N) is 3. The number of fused-ring (bicyclic) bond motifs is 3. The van der Waals surface area contributed by atoms with Gasteiger partial charge in [-0.15, -0.1) is 11.3 Å². The second-order valence-electron chi connectivity index (χ2n) is 5.59. The van der Waals surface area contributed by atoms with E-state index < -0.39 is 0 Å². The molecule has 0 atom stereocenters. The van der Waals surface area contributed by atoms with Gasteiger partial charge in [0, 0.05) is 23.2 Å². The van der Waals surface area contributed by atoms with E-state index in [0.717, 1.165) is 13.1 Å². The molecule has 4 heteroatoms. The molecule has 0 radical (unpaired) electrons. The highest BCUT2D eigenvalue weighted by Gasteiger charge is 2.13. The molecule has 0 N–H and O–H groups in total. The number of aromatic nitrogens is 2. The highest BCUT2D eigenvalue weighted by Crippen LogP contribution is 2.32. The maximum Gasteiger partial charge on any atom is 0.142 e. The summed E-state index contributed by atoms with van der Waals surface area (Å²) in [5.41, 5.74) is 1.32.